The molecule has 0 aliphatic carbocycles. The summed E-state index contributed by atoms with van der Waals surface area (Å²) in [6, 6.07) is 10.7. The summed E-state index contributed by atoms with van der Waals surface area (Å²) in [5, 5.41) is 11.2. The predicted octanol–water partition coefficient (Wildman–Crippen LogP) is 4.57. The molecule has 0 radical (unpaired) electrons. The summed E-state index contributed by atoms with van der Waals surface area (Å²) in [6.45, 7) is 0.903. The summed E-state index contributed by atoms with van der Waals surface area (Å²) in [5.74, 6) is 0. The molecule has 16 heavy (non-hydrogen) atoms. The fourth-order valence-corrected chi connectivity index (χ4v) is 3.28. The molecule has 0 amide bonds. The van der Waals surface area contributed by atoms with E-state index in [2.05, 4.69) is 51.8 Å². The van der Waals surface area contributed by atoms with Crippen LogP contribution in [0.2, 0.25) is 0 Å². The van der Waals surface area contributed by atoms with Gasteiger partial charge in [0.15, 0.2) is 0 Å². The molecule has 0 bridgehead atoms. The molecule has 1 nitrogen and oxygen atoms in total. The summed E-state index contributed by atoms with van der Waals surface area (Å²) in [7, 11) is 0. The van der Waals surface area contributed by atoms with Crippen molar-refractivity contribution in [2.24, 2.45) is 0 Å². The molecule has 0 aliphatic rings. The van der Waals surface area contributed by atoms with E-state index in [9.17, 15) is 0 Å². The quantitative estimate of drug-likeness (QED) is 0.712. The number of thiophene rings is 2. The highest BCUT2D eigenvalue weighted by atomic mass is 32.1. The minimum atomic E-state index is 0.903. The number of rotatable bonds is 3. The van der Waals surface area contributed by atoms with E-state index in [4.69, 9.17) is 0 Å². The highest BCUT2D eigenvalue weighted by Crippen LogP contribution is 2.28. The van der Waals surface area contributed by atoms with Gasteiger partial charge in [-0.1, -0.05) is 12.1 Å². The lowest BCUT2D eigenvalue weighted by Gasteiger charge is -2.05. The molecular weight excluding hydrogens is 234 g/mol. The van der Waals surface area contributed by atoms with Crippen LogP contribution in [0.3, 0.4) is 0 Å². The monoisotopic (exact) mass is 245 g/mol. The Labute approximate surface area is 102 Å². The van der Waals surface area contributed by atoms with Crippen LogP contribution < -0.4 is 5.32 Å². The van der Waals surface area contributed by atoms with Crippen molar-refractivity contribution in [3.63, 3.8) is 0 Å². The largest absolute Gasteiger partial charge is 0.380 e. The molecule has 0 fully saturated rings. The standard InChI is InChI=1S/C13H11NS2/c1-2-11-5-7-16-13(11)12(3-1)14-8-10-4-6-15-9-10/h1-7,9,14H,8H2. The molecule has 0 saturated heterocycles. The van der Waals surface area contributed by atoms with Crippen LogP contribution in [0.25, 0.3) is 10.1 Å². The highest BCUT2D eigenvalue weighted by molar-refractivity contribution is 7.17. The van der Waals surface area contributed by atoms with Gasteiger partial charge in [0.2, 0.25) is 0 Å². The Bertz CT molecular complexity index is 581. The molecule has 1 N–H and O–H groups in total. The van der Waals surface area contributed by atoms with Crippen LogP contribution >= 0.6 is 22.7 Å². The first-order chi connectivity index (χ1) is 7.93. The maximum Gasteiger partial charge on any atom is 0.0574 e. The van der Waals surface area contributed by atoms with E-state index in [0.717, 1.165) is 6.54 Å². The molecule has 80 valence electrons. The Morgan fingerprint density at radius 1 is 1.06 bits per heavy atom. The van der Waals surface area contributed by atoms with Crippen molar-refractivity contribution >= 4 is 38.4 Å². The van der Waals surface area contributed by atoms with Gasteiger partial charge in [-0.2, -0.15) is 11.3 Å². The Morgan fingerprint density at radius 2 is 2.06 bits per heavy atom. The summed E-state index contributed by atoms with van der Waals surface area (Å²) >= 11 is 3.53. The number of fused-ring (bicyclic) bond motifs is 1. The third-order valence-corrected chi connectivity index (χ3v) is 4.24. The lowest BCUT2D eigenvalue weighted by molar-refractivity contribution is 1.17. The van der Waals surface area contributed by atoms with Gasteiger partial charge in [-0.25, -0.2) is 0 Å². The topological polar surface area (TPSA) is 12.0 Å². The van der Waals surface area contributed by atoms with Crippen molar-refractivity contribution in [2.75, 3.05) is 5.32 Å². The molecule has 0 unspecified atom stereocenters. The van der Waals surface area contributed by atoms with Gasteiger partial charge in [-0.05, 0) is 45.3 Å². The minimum absolute atomic E-state index is 0.903. The third kappa shape index (κ3) is 1.84. The zero-order chi connectivity index (χ0) is 10.8. The maximum absolute atomic E-state index is 3.49. The lowest BCUT2D eigenvalue weighted by Crippen LogP contribution is -1.97. The van der Waals surface area contributed by atoms with Gasteiger partial charge in [0, 0.05) is 6.54 Å². The van der Waals surface area contributed by atoms with Crippen LogP contribution in [-0.2, 0) is 6.54 Å². The van der Waals surface area contributed by atoms with Gasteiger partial charge in [0.25, 0.3) is 0 Å². The van der Waals surface area contributed by atoms with Crippen LogP contribution in [0.4, 0.5) is 5.69 Å². The van der Waals surface area contributed by atoms with Crippen LogP contribution in [0, 0.1) is 0 Å². The summed E-state index contributed by atoms with van der Waals surface area (Å²) in [5.41, 5.74) is 2.58. The predicted molar refractivity (Wildman–Crippen MR) is 73.5 cm³/mol. The van der Waals surface area contributed by atoms with E-state index in [1.165, 1.54) is 21.3 Å². The smallest absolute Gasteiger partial charge is 0.0574 e. The average Bonchev–Trinajstić information content (AvgIpc) is 2.97. The van der Waals surface area contributed by atoms with Crippen LogP contribution in [0.5, 0.6) is 0 Å². The van der Waals surface area contributed by atoms with Crippen LogP contribution in [0.15, 0.2) is 46.5 Å². The molecule has 3 aromatic rings. The van der Waals surface area contributed by atoms with Crippen molar-refractivity contribution in [1.29, 1.82) is 0 Å². The molecule has 2 aromatic heterocycles. The van der Waals surface area contributed by atoms with E-state index in [1.54, 1.807) is 22.7 Å². The van der Waals surface area contributed by atoms with E-state index < -0.39 is 0 Å². The lowest BCUT2D eigenvalue weighted by atomic mass is 10.2. The molecular formula is C13H11NS2. The second-order valence-electron chi connectivity index (χ2n) is 3.63. The molecule has 0 spiro atoms. The molecule has 2 heterocycles. The summed E-state index contributed by atoms with van der Waals surface area (Å²) < 4.78 is 1.35. The van der Waals surface area contributed by atoms with Gasteiger partial charge >= 0.3 is 0 Å². The zero-order valence-corrected chi connectivity index (χ0v) is 10.3. The van der Waals surface area contributed by atoms with Crippen LogP contribution in [0.1, 0.15) is 5.56 Å². The average molecular weight is 245 g/mol. The van der Waals surface area contributed by atoms with E-state index in [1.807, 2.05) is 0 Å². The Balaban J connectivity index is 1.86. The molecule has 0 saturated carbocycles. The van der Waals surface area contributed by atoms with Crippen molar-refractivity contribution in [1.82, 2.24) is 0 Å². The zero-order valence-electron chi connectivity index (χ0n) is 8.64. The highest BCUT2D eigenvalue weighted by Gasteiger charge is 2.01. The molecule has 1 aromatic carbocycles. The van der Waals surface area contributed by atoms with E-state index >= 15 is 0 Å². The van der Waals surface area contributed by atoms with Gasteiger partial charge in [0.1, 0.15) is 0 Å². The van der Waals surface area contributed by atoms with E-state index in [-0.39, 0.29) is 0 Å². The van der Waals surface area contributed by atoms with Crippen molar-refractivity contribution < 1.29 is 0 Å². The molecule has 0 aliphatic heterocycles. The summed E-state index contributed by atoms with van der Waals surface area (Å²) in [6.07, 6.45) is 0. The van der Waals surface area contributed by atoms with Gasteiger partial charge in [0.05, 0.1) is 10.4 Å². The first-order valence-electron chi connectivity index (χ1n) is 5.15. The van der Waals surface area contributed by atoms with E-state index in [0.29, 0.717) is 0 Å². The van der Waals surface area contributed by atoms with Crippen LogP contribution in [-0.4, -0.2) is 0 Å². The minimum Gasteiger partial charge on any atom is -0.380 e. The number of anilines is 1. The Morgan fingerprint density at radius 3 is 2.94 bits per heavy atom. The van der Waals surface area contributed by atoms with Crippen molar-refractivity contribution in [2.45, 2.75) is 6.54 Å². The fraction of sp³-hybridized carbons (Fsp3) is 0.0769. The Kier molecular flexibility index (Phi) is 2.64. The second kappa shape index (κ2) is 4.28. The van der Waals surface area contributed by atoms with Gasteiger partial charge in [-0.3, -0.25) is 0 Å². The second-order valence-corrected chi connectivity index (χ2v) is 5.33. The fourth-order valence-electron chi connectivity index (χ4n) is 1.72. The SMILES string of the molecule is c1cc(NCc2ccsc2)c2sccc2c1. The van der Waals surface area contributed by atoms with Gasteiger partial charge in [-0.15, -0.1) is 11.3 Å². The first kappa shape index (κ1) is 9.87. The van der Waals surface area contributed by atoms with Crippen molar-refractivity contribution in [3.05, 3.63) is 52.0 Å². The summed E-state index contributed by atoms with van der Waals surface area (Å²) in [4.78, 5) is 0. The number of hydrogen-bond donors (Lipinski definition) is 1. The third-order valence-electron chi connectivity index (χ3n) is 2.54. The molecule has 3 rings (SSSR count). The number of benzene rings is 1. The normalized spacial score (nSPS) is 10.8. The number of nitrogens with one attached hydrogen (secondary N) is 1. The Hall–Kier alpha value is -1.32. The van der Waals surface area contributed by atoms with Gasteiger partial charge < -0.3 is 5.32 Å². The maximum atomic E-state index is 3.49. The van der Waals surface area contributed by atoms with Crippen molar-refractivity contribution in [3.8, 4) is 0 Å². The molecule has 0 atom stereocenters. The molecule has 3 heteroatoms. The first-order valence-corrected chi connectivity index (χ1v) is 6.97. The number of hydrogen-bond acceptors (Lipinski definition) is 3.